The third kappa shape index (κ3) is 17.9. The molecular formula is C30H50MnN12O8. The van der Waals surface area contributed by atoms with Crippen LogP contribution in [-0.4, -0.2) is 106 Å². The van der Waals surface area contributed by atoms with Gasteiger partial charge in [-0.05, 0) is 65.5 Å². The second-order valence-electron chi connectivity index (χ2n) is 11.3. The van der Waals surface area contributed by atoms with Crippen molar-refractivity contribution in [3.63, 3.8) is 0 Å². The zero-order chi connectivity index (χ0) is 37.6. The van der Waals surface area contributed by atoms with Crippen LogP contribution < -0.4 is 54.4 Å². The van der Waals surface area contributed by atoms with Crippen molar-refractivity contribution in [1.82, 2.24) is 41.2 Å². The molecule has 2 aromatic heterocycles. The number of carbonyl (C=O) groups excluding carboxylic acids is 6. The van der Waals surface area contributed by atoms with Gasteiger partial charge in [0.2, 0.25) is 23.6 Å². The molecule has 2 heterocycles. The monoisotopic (exact) mass is 761 g/mol. The Balaban J connectivity index is 0.000000962. The molecule has 20 nitrogen and oxygen atoms in total. The first-order valence-corrected chi connectivity index (χ1v) is 16.2. The number of hydrogen-bond acceptors (Lipinski definition) is 14. The van der Waals surface area contributed by atoms with Crippen molar-refractivity contribution in [2.75, 3.05) is 26.2 Å². The van der Waals surface area contributed by atoms with Gasteiger partial charge in [0.05, 0.1) is 61.2 Å². The zero-order valence-electron chi connectivity index (χ0n) is 28.8. The number of nitrogens with one attached hydrogen (secondary N) is 6. The predicted octanol–water partition coefficient (Wildman–Crippen LogP) is -5.87. The zero-order valence-corrected chi connectivity index (χ0v) is 30.0. The fourth-order valence-electron chi connectivity index (χ4n) is 4.53. The van der Waals surface area contributed by atoms with Gasteiger partial charge in [0.25, 0.3) is 0 Å². The van der Waals surface area contributed by atoms with Crippen LogP contribution in [0.5, 0.6) is 0 Å². The number of unbranched alkanes of at least 4 members (excludes halogenated alkanes) is 2. The van der Waals surface area contributed by atoms with E-state index in [2.05, 4.69) is 41.2 Å². The summed E-state index contributed by atoms with van der Waals surface area (Å²) in [6.45, 7) is 3.84. The van der Waals surface area contributed by atoms with Crippen molar-refractivity contribution in [3.05, 3.63) is 35.4 Å². The second kappa shape index (κ2) is 25.5. The average Bonchev–Trinajstić information content (AvgIpc) is 3.69. The van der Waals surface area contributed by atoms with Gasteiger partial charge in [-0.15, -0.1) is 0 Å². The Morgan fingerprint density at radius 1 is 0.627 bits per heavy atom. The minimum atomic E-state index is -1.38. The Hall–Kier alpha value is -4.40. The summed E-state index contributed by atoms with van der Waals surface area (Å²) in [5.41, 5.74) is 24.0. The molecule has 0 unspecified atom stereocenters. The van der Waals surface area contributed by atoms with Gasteiger partial charge in [0.15, 0.2) is 0 Å². The van der Waals surface area contributed by atoms with Crippen molar-refractivity contribution in [1.29, 1.82) is 0 Å². The van der Waals surface area contributed by atoms with Crippen LogP contribution in [0.2, 0.25) is 0 Å². The smallest absolute Gasteiger partial charge is 0.548 e. The maximum absolute atomic E-state index is 12.5. The first kappa shape index (κ1) is 46.6. The molecule has 1 radical (unpaired) electrons. The molecule has 14 N–H and O–H groups in total. The number of nitrogens with zero attached hydrogens (tertiary/aromatic N) is 2. The largest absolute Gasteiger partial charge is 2.00 e. The number of aromatic nitrogens is 4. The Kier molecular flexibility index (Phi) is 23.3. The van der Waals surface area contributed by atoms with Crippen LogP contribution in [0.1, 0.15) is 61.3 Å². The van der Waals surface area contributed by atoms with Crippen LogP contribution in [0.3, 0.4) is 0 Å². The van der Waals surface area contributed by atoms with E-state index in [1.54, 1.807) is 13.8 Å². The molecule has 0 aromatic carbocycles. The van der Waals surface area contributed by atoms with E-state index >= 15 is 0 Å². The van der Waals surface area contributed by atoms with Crippen LogP contribution in [0.15, 0.2) is 12.7 Å². The summed E-state index contributed by atoms with van der Waals surface area (Å²) in [5.74, 6) is -5.09. The van der Waals surface area contributed by atoms with Crippen LogP contribution in [-0.2, 0) is 58.7 Å². The molecule has 4 amide bonds. The summed E-state index contributed by atoms with van der Waals surface area (Å²) in [5, 5.41) is 32.2. The molecule has 0 aliphatic rings. The minimum Gasteiger partial charge on any atom is -0.548 e. The first-order chi connectivity index (χ1) is 23.8. The number of H-pyrrole nitrogens is 2. The Bertz CT molecular complexity index is 1290. The van der Waals surface area contributed by atoms with Crippen LogP contribution in [0, 0.1) is 13.8 Å². The molecule has 4 atom stereocenters. The molecule has 0 aliphatic carbocycles. The molecule has 0 bridgehead atoms. The molecule has 0 saturated heterocycles. The number of rotatable bonds is 22. The molecule has 285 valence electrons. The summed E-state index contributed by atoms with van der Waals surface area (Å²) in [6, 6.07) is -4.29. The van der Waals surface area contributed by atoms with Gasteiger partial charge in [-0.25, -0.2) is 9.97 Å². The van der Waals surface area contributed by atoms with E-state index in [-0.39, 0.29) is 55.8 Å². The number of aromatic amines is 2. The van der Waals surface area contributed by atoms with E-state index in [9.17, 15) is 39.0 Å². The third-order valence-electron chi connectivity index (χ3n) is 7.43. The van der Waals surface area contributed by atoms with Gasteiger partial charge < -0.3 is 74.0 Å². The predicted molar refractivity (Wildman–Crippen MR) is 176 cm³/mol. The summed E-state index contributed by atoms with van der Waals surface area (Å²) in [7, 11) is 0. The second-order valence-corrected chi connectivity index (χ2v) is 11.3. The topological polar surface area (TPSA) is 358 Å². The molecule has 2 aromatic rings. The average molecular weight is 762 g/mol. The van der Waals surface area contributed by atoms with E-state index in [1.165, 1.54) is 12.7 Å². The van der Waals surface area contributed by atoms with E-state index in [0.29, 0.717) is 50.2 Å². The molecule has 0 aliphatic heterocycles. The van der Waals surface area contributed by atoms with Crippen LogP contribution >= 0.6 is 0 Å². The summed E-state index contributed by atoms with van der Waals surface area (Å²) < 4.78 is 0. The number of aliphatic carboxylic acids is 2. The van der Waals surface area contributed by atoms with Crippen molar-refractivity contribution < 1.29 is 56.0 Å². The van der Waals surface area contributed by atoms with Crippen molar-refractivity contribution in [3.8, 4) is 0 Å². The van der Waals surface area contributed by atoms with Gasteiger partial charge in [-0.1, -0.05) is 0 Å². The van der Waals surface area contributed by atoms with Gasteiger partial charge in [-0.2, -0.15) is 0 Å². The summed E-state index contributed by atoms with van der Waals surface area (Å²) in [4.78, 5) is 84.5. The van der Waals surface area contributed by atoms with Gasteiger partial charge in [0.1, 0.15) is 12.1 Å². The quantitative estimate of drug-likeness (QED) is 0.0395. The van der Waals surface area contributed by atoms with E-state index in [1.807, 2.05) is 0 Å². The molecule has 0 saturated carbocycles. The fourth-order valence-corrected chi connectivity index (χ4v) is 4.53. The summed E-state index contributed by atoms with van der Waals surface area (Å²) in [6.07, 6.45) is 5.90. The SMILES string of the molecule is Cc1[nH]cnc1C[C@H](NC(=O)CN)C(=O)N[C@@H](CCCCN)C(=O)[O-].Cc1[nH]cnc1C[C@H](NC(=O)CN)C(=O)N[C@@H](CCCCN)C(=O)[O-].[Mn+2]. The van der Waals surface area contributed by atoms with Crippen LogP contribution in [0.25, 0.3) is 0 Å². The molecule has 2 rings (SSSR count). The number of carboxylic acid groups (broad SMARTS) is 2. The summed E-state index contributed by atoms with van der Waals surface area (Å²) >= 11 is 0. The minimum absolute atomic E-state index is 0. The Morgan fingerprint density at radius 3 is 1.24 bits per heavy atom. The number of nitrogens with two attached hydrogens (primary N) is 4. The van der Waals surface area contributed by atoms with Gasteiger partial charge >= 0.3 is 17.1 Å². The van der Waals surface area contributed by atoms with Gasteiger partial charge in [-0.3, -0.25) is 19.2 Å². The molecule has 51 heavy (non-hydrogen) atoms. The molecule has 21 heteroatoms. The normalized spacial score (nSPS) is 12.8. The van der Waals surface area contributed by atoms with Crippen LogP contribution in [0.4, 0.5) is 0 Å². The van der Waals surface area contributed by atoms with Crippen molar-refractivity contribution in [2.45, 2.75) is 89.4 Å². The van der Waals surface area contributed by atoms with Crippen molar-refractivity contribution >= 4 is 35.6 Å². The first-order valence-electron chi connectivity index (χ1n) is 16.2. The number of amides is 4. The Morgan fingerprint density at radius 2 is 0.980 bits per heavy atom. The van der Waals surface area contributed by atoms with E-state index < -0.39 is 59.7 Å². The fraction of sp³-hybridized carbons (Fsp3) is 0.600. The molecule has 0 fully saturated rings. The number of carboxylic acids is 2. The number of aryl methyl sites for hydroxylation is 2. The van der Waals surface area contributed by atoms with E-state index in [0.717, 1.165) is 11.4 Å². The van der Waals surface area contributed by atoms with Gasteiger partial charge in [0, 0.05) is 24.2 Å². The maximum atomic E-state index is 12.5. The molecular weight excluding hydrogens is 711 g/mol. The number of hydrogen-bond donors (Lipinski definition) is 10. The maximum Gasteiger partial charge on any atom is 2.00 e. The van der Waals surface area contributed by atoms with E-state index in [4.69, 9.17) is 22.9 Å². The number of carbonyl (C=O) groups is 6. The standard InChI is InChI=1S/2C15H26N6O4.Mn/c2*1-9-11(19-8-18-9)6-12(20-13(22)7-17)14(23)21-10(15(24)25)4-2-3-5-16;/h2*8,10,12H,2-7,16-17H2,1H3,(H,18,19)(H,20,22)(H,21,23)(H,24,25);/q;;+2/p-2/t2*10-,12-;/m00./s1. The molecule has 0 spiro atoms. The number of imidazole rings is 2. The third-order valence-corrected chi connectivity index (χ3v) is 7.43. The Labute approximate surface area is 306 Å². The van der Waals surface area contributed by atoms with Crippen molar-refractivity contribution in [2.24, 2.45) is 22.9 Å².